The van der Waals surface area contributed by atoms with Gasteiger partial charge in [-0.25, -0.2) is 9.59 Å². The van der Waals surface area contributed by atoms with Crippen molar-refractivity contribution in [1.82, 2.24) is 14.7 Å². The highest BCUT2D eigenvalue weighted by Gasteiger charge is 2.54. The third-order valence-electron chi connectivity index (χ3n) is 7.55. The van der Waals surface area contributed by atoms with Gasteiger partial charge < -0.3 is 29.7 Å². The zero-order valence-electron chi connectivity index (χ0n) is 22.9. The molecule has 10 nitrogen and oxygen atoms in total. The topological polar surface area (TPSA) is 102 Å². The van der Waals surface area contributed by atoms with E-state index in [-0.39, 0.29) is 24.4 Å². The third kappa shape index (κ3) is 5.84. The van der Waals surface area contributed by atoms with Crippen molar-refractivity contribution < 1.29 is 23.9 Å². The van der Waals surface area contributed by atoms with E-state index < -0.39 is 11.5 Å². The maximum absolute atomic E-state index is 13.9. The summed E-state index contributed by atoms with van der Waals surface area (Å²) in [6, 6.07) is 16.0. The molecule has 0 unspecified atom stereocenters. The number of carbonyl (C=O) groups is 4. The molecule has 0 aromatic heterocycles. The Kier molecular flexibility index (Phi) is 8.73. The lowest BCUT2D eigenvalue weighted by Gasteiger charge is -2.43. The van der Waals surface area contributed by atoms with Crippen molar-refractivity contribution in [3.8, 4) is 0 Å². The molecule has 0 atom stereocenters. The maximum Gasteiger partial charge on any atom is 0.338 e. The van der Waals surface area contributed by atoms with Crippen LogP contribution in [0.25, 0.3) is 0 Å². The van der Waals surface area contributed by atoms with Gasteiger partial charge >= 0.3 is 12.0 Å². The highest BCUT2D eigenvalue weighted by atomic mass is 16.5. The van der Waals surface area contributed by atoms with Crippen LogP contribution in [0, 0.1) is 0 Å². The number of nitrogens with zero attached hydrogens (tertiary/aromatic N) is 4. The van der Waals surface area contributed by atoms with Gasteiger partial charge in [0.05, 0.1) is 18.8 Å². The molecule has 0 aliphatic carbocycles. The first kappa shape index (κ1) is 27.9. The Morgan fingerprint density at radius 2 is 1.59 bits per heavy atom. The molecule has 208 valence electrons. The predicted octanol–water partition coefficient (Wildman–Crippen LogP) is 3.40. The molecule has 2 saturated heterocycles. The number of likely N-dealkylation sites (N-methyl/N-ethyl adjacent to an activating group) is 1. The second kappa shape index (κ2) is 12.2. The summed E-state index contributed by atoms with van der Waals surface area (Å²) in [6.45, 7) is 8.24. The number of ether oxygens (including phenoxy) is 1. The first-order valence-electron chi connectivity index (χ1n) is 13.6. The molecule has 0 saturated carbocycles. The van der Waals surface area contributed by atoms with Crippen LogP contribution in [0.2, 0.25) is 0 Å². The molecule has 1 N–H and O–H groups in total. The summed E-state index contributed by atoms with van der Waals surface area (Å²) < 4.78 is 5.00. The lowest BCUT2D eigenvalue weighted by molar-refractivity contribution is -0.140. The fraction of sp³-hybridized carbons (Fsp3) is 0.448. The Hall–Kier alpha value is -4.08. The number of urea groups is 1. The Labute approximate surface area is 229 Å². The molecule has 2 aliphatic heterocycles. The number of likely N-dealkylation sites (tertiary alicyclic amines) is 1. The van der Waals surface area contributed by atoms with Crippen LogP contribution in [0.15, 0.2) is 54.6 Å². The predicted molar refractivity (Wildman–Crippen MR) is 148 cm³/mol. The molecule has 4 rings (SSSR count). The number of anilines is 2. The molecule has 10 heteroatoms. The van der Waals surface area contributed by atoms with Crippen molar-refractivity contribution in [1.29, 1.82) is 0 Å². The fourth-order valence-electron chi connectivity index (χ4n) is 5.35. The highest BCUT2D eigenvalue weighted by molar-refractivity contribution is 5.97. The van der Waals surface area contributed by atoms with Gasteiger partial charge in [0.25, 0.3) is 5.91 Å². The molecule has 2 fully saturated rings. The summed E-state index contributed by atoms with van der Waals surface area (Å²) in [5.74, 6) is -0.542. The van der Waals surface area contributed by atoms with Crippen LogP contribution < -0.4 is 10.2 Å². The van der Waals surface area contributed by atoms with E-state index in [0.717, 1.165) is 5.69 Å². The molecule has 2 heterocycles. The molecular formula is C29H37N5O5. The number of esters is 1. The van der Waals surface area contributed by atoms with Crippen LogP contribution in [0.3, 0.4) is 0 Å². The Bertz CT molecular complexity index is 1170. The molecule has 39 heavy (non-hydrogen) atoms. The maximum atomic E-state index is 13.9. The standard InChI is InChI=1S/C29H37N5O5/c1-4-31(5-2)25(35)20-33-21-34(24-10-8-7-9-11-24)29(27(33)37)16-18-32(19-17-29)28(38)30-23-14-12-22(13-15-23)26(36)39-6-3/h7-15H,4-6,16-21H2,1-3H3,(H,30,38). The van der Waals surface area contributed by atoms with E-state index in [1.807, 2.05) is 44.2 Å². The summed E-state index contributed by atoms with van der Waals surface area (Å²) in [7, 11) is 0. The number of benzene rings is 2. The van der Waals surface area contributed by atoms with Crippen LogP contribution in [0.1, 0.15) is 44.0 Å². The van der Waals surface area contributed by atoms with E-state index in [1.165, 1.54) is 0 Å². The van der Waals surface area contributed by atoms with E-state index >= 15 is 0 Å². The summed E-state index contributed by atoms with van der Waals surface area (Å²) in [5.41, 5.74) is 1.09. The molecule has 2 aromatic carbocycles. The van der Waals surface area contributed by atoms with Crippen molar-refractivity contribution >= 4 is 35.2 Å². The van der Waals surface area contributed by atoms with Crippen molar-refractivity contribution in [3.63, 3.8) is 0 Å². The molecule has 1 spiro atoms. The van der Waals surface area contributed by atoms with E-state index in [4.69, 9.17) is 4.74 Å². The molecule has 0 radical (unpaired) electrons. The van der Waals surface area contributed by atoms with Crippen molar-refractivity contribution in [3.05, 3.63) is 60.2 Å². The van der Waals surface area contributed by atoms with E-state index in [0.29, 0.717) is 63.5 Å². The number of para-hydroxylation sites is 1. The Balaban J connectivity index is 1.45. The summed E-state index contributed by atoms with van der Waals surface area (Å²) >= 11 is 0. The van der Waals surface area contributed by atoms with Gasteiger partial charge in [-0.05, 0) is 70.0 Å². The summed E-state index contributed by atoms with van der Waals surface area (Å²) in [5, 5.41) is 2.88. The van der Waals surface area contributed by atoms with Gasteiger partial charge in [0.2, 0.25) is 5.91 Å². The number of hydrogen-bond donors (Lipinski definition) is 1. The minimum atomic E-state index is -0.817. The number of nitrogens with one attached hydrogen (secondary N) is 1. The van der Waals surface area contributed by atoms with Gasteiger partial charge in [0, 0.05) is 37.6 Å². The quantitative estimate of drug-likeness (QED) is 0.520. The minimum absolute atomic E-state index is 0.0393. The highest BCUT2D eigenvalue weighted by Crippen LogP contribution is 2.39. The largest absolute Gasteiger partial charge is 0.462 e. The Morgan fingerprint density at radius 3 is 2.18 bits per heavy atom. The van der Waals surface area contributed by atoms with Crippen LogP contribution >= 0.6 is 0 Å². The van der Waals surface area contributed by atoms with E-state index in [2.05, 4.69) is 10.2 Å². The van der Waals surface area contributed by atoms with Crippen molar-refractivity contribution in [2.75, 3.05) is 56.2 Å². The van der Waals surface area contributed by atoms with Gasteiger partial charge in [0.15, 0.2) is 0 Å². The van der Waals surface area contributed by atoms with Gasteiger partial charge in [-0.3, -0.25) is 9.59 Å². The zero-order valence-corrected chi connectivity index (χ0v) is 22.9. The smallest absolute Gasteiger partial charge is 0.338 e. The first-order chi connectivity index (χ1) is 18.8. The lowest BCUT2D eigenvalue weighted by Crippen LogP contribution is -2.58. The van der Waals surface area contributed by atoms with Gasteiger partial charge in [-0.15, -0.1) is 0 Å². The van der Waals surface area contributed by atoms with Crippen LogP contribution in [-0.4, -0.2) is 90.1 Å². The van der Waals surface area contributed by atoms with Crippen molar-refractivity contribution in [2.24, 2.45) is 0 Å². The monoisotopic (exact) mass is 535 g/mol. The minimum Gasteiger partial charge on any atom is -0.462 e. The molecular weight excluding hydrogens is 498 g/mol. The third-order valence-corrected chi connectivity index (χ3v) is 7.55. The number of piperidine rings is 1. The van der Waals surface area contributed by atoms with Gasteiger partial charge in [0.1, 0.15) is 12.1 Å². The SMILES string of the molecule is CCOC(=O)c1ccc(NC(=O)N2CCC3(CC2)C(=O)N(CC(=O)N(CC)CC)CN3c2ccccc2)cc1. The van der Waals surface area contributed by atoms with Crippen LogP contribution in [0.4, 0.5) is 16.2 Å². The second-order valence-corrected chi connectivity index (χ2v) is 9.72. The molecule has 4 amide bonds. The first-order valence-corrected chi connectivity index (χ1v) is 13.6. The summed E-state index contributed by atoms with van der Waals surface area (Å²) in [4.78, 5) is 58.8. The van der Waals surface area contributed by atoms with Crippen LogP contribution in [0.5, 0.6) is 0 Å². The van der Waals surface area contributed by atoms with E-state index in [9.17, 15) is 19.2 Å². The van der Waals surface area contributed by atoms with E-state index in [1.54, 1.807) is 45.9 Å². The number of rotatable bonds is 8. The normalized spacial score (nSPS) is 16.4. The summed E-state index contributed by atoms with van der Waals surface area (Å²) in [6.07, 6.45) is 0.901. The van der Waals surface area contributed by atoms with Gasteiger partial charge in [-0.1, -0.05) is 18.2 Å². The van der Waals surface area contributed by atoms with Crippen LogP contribution in [-0.2, 0) is 14.3 Å². The molecule has 0 bridgehead atoms. The second-order valence-electron chi connectivity index (χ2n) is 9.72. The molecule has 2 aliphatic rings. The average Bonchev–Trinajstić information content (AvgIpc) is 3.21. The van der Waals surface area contributed by atoms with Crippen molar-refractivity contribution in [2.45, 2.75) is 39.2 Å². The lowest BCUT2D eigenvalue weighted by atomic mass is 9.85. The number of carbonyl (C=O) groups excluding carboxylic acids is 4. The fourth-order valence-corrected chi connectivity index (χ4v) is 5.35. The Morgan fingerprint density at radius 1 is 0.949 bits per heavy atom. The number of hydrogen-bond acceptors (Lipinski definition) is 6. The number of amides is 4. The zero-order chi connectivity index (χ0) is 28.0. The molecule has 2 aromatic rings. The van der Waals surface area contributed by atoms with Gasteiger partial charge in [-0.2, -0.15) is 0 Å². The average molecular weight is 536 g/mol.